The number of hydrogen-bond donors (Lipinski definition) is 0. The number of nitrogens with zero attached hydrogens (tertiary/aromatic N) is 3. The SMILES string of the molecule is C=CC(C=CC(F)/C(F)=C\C)c1nc2ccn(Cc3ccc(-c4ccc(OCCCOC)cc4)cc3)cc-2n1. The van der Waals surface area contributed by atoms with Crippen LogP contribution in [-0.2, 0) is 11.3 Å². The number of hydrogen-bond acceptors (Lipinski definition) is 4. The molecule has 2 aliphatic rings. The van der Waals surface area contributed by atoms with Crippen LogP contribution in [-0.4, -0.2) is 41.0 Å². The van der Waals surface area contributed by atoms with E-state index in [1.165, 1.54) is 19.1 Å². The number of alkyl halides is 1. The van der Waals surface area contributed by atoms with Gasteiger partial charge in [-0.2, -0.15) is 0 Å². The van der Waals surface area contributed by atoms with E-state index in [0.717, 1.165) is 46.3 Å². The third-order valence-corrected chi connectivity index (χ3v) is 6.29. The molecule has 5 nitrogen and oxygen atoms in total. The summed E-state index contributed by atoms with van der Waals surface area (Å²) in [5, 5.41) is 0. The number of benzene rings is 2. The minimum Gasteiger partial charge on any atom is -0.494 e. The van der Waals surface area contributed by atoms with Crippen LogP contribution < -0.4 is 4.74 Å². The van der Waals surface area contributed by atoms with Gasteiger partial charge < -0.3 is 14.0 Å². The van der Waals surface area contributed by atoms with Gasteiger partial charge in [-0.25, -0.2) is 18.7 Å². The quantitative estimate of drug-likeness (QED) is 0.133. The molecule has 2 aromatic carbocycles. The van der Waals surface area contributed by atoms with E-state index < -0.39 is 17.9 Å². The van der Waals surface area contributed by atoms with Crippen molar-refractivity contribution in [2.45, 2.75) is 32.0 Å². The highest BCUT2D eigenvalue weighted by Crippen LogP contribution is 2.26. The zero-order valence-corrected chi connectivity index (χ0v) is 22.3. The highest BCUT2D eigenvalue weighted by atomic mass is 19.2. The maximum atomic E-state index is 13.9. The third kappa shape index (κ3) is 7.48. The Hall–Kier alpha value is -4.10. The Bertz CT molecular complexity index is 1380. The fourth-order valence-corrected chi connectivity index (χ4v) is 4.11. The number of methoxy groups -OCH3 is 1. The van der Waals surface area contributed by atoms with Gasteiger partial charge in [0.15, 0.2) is 6.17 Å². The summed E-state index contributed by atoms with van der Waals surface area (Å²) in [5.74, 6) is 0.102. The highest BCUT2D eigenvalue weighted by molar-refractivity contribution is 5.64. The summed E-state index contributed by atoms with van der Waals surface area (Å²) < 4.78 is 40.1. The lowest BCUT2D eigenvalue weighted by Gasteiger charge is -2.10. The van der Waals surface area contributed by atoms with Crippen LogP contribution in [0.4, 0.5) is 8.78 Å². The van der Waals surface area contributed by atoms with Gasteiger partial charge >= 0.3 is 0 Å². The summed E-state index contributed by atoms with van der Waals surface area (Å²) in [6.07, 6.45) is 8.38. The van der Waals surface area contributed by atoms with E-state index in [1.54, 1.807) is 13.2 Å². The minimum atomic E-state index is -1.79. The molecule has 39 heavy (non-hydrogen) atoms. The van der Waals surface area contributed by atoms with Crippen molar-refractivity contribution in [3.8, 4) is 28.3 Å². The molecule has 0 spiro atoms. The average Bonchev–Trinajstić information content (AvgIpc) is 3.39. The van der Waals surface area contributed by atoms with Crippen LogP contribution in [0.3, 0.4) is 0 Å². The molecular weight excluding hydrogens is 496 g/mol. The molecule has 0 saturated carbocycles. The van der Waals surface area contributed by atoms with Crippen LogP contribution in [0.2, 0.25) is 0 Å². The maximum Gasteiger partial charge on any atom is 0.169 e. The first-order chi connectivity index (χ1) is 19.0. The highest BCUT2D eigenvalue weighted by Gasteiger charge is 2.17. The molecule has 0 aliphatic carbocycles. The van der Waals surface area contributed by atoms with Gasteiger partial charge in [-0.3, -0.25) is 0 Å². The molecule has 7 heteroatoms. The molecule has 0 bridgehead atoms. The van der Waals surface area contributed by atoms with Crippen LogP contribution in [0.15, 0.2) is 104 Å². The number of rotatable bonds is 13. The van der Waals surface area contributed by atoms with E-state index in [9.17, 15) is 8.78 Å². The Labute approximate surface area is 228 Å². The molecule has 0 saturated heterocycles. The van der Waals surface area contributed by atoms with Gasteiger partial charge in [0.1, 0.15) is 23.1 Å². The molecule has 2 heterocycles. The summed E-state index contributed by atoms with van der Waals surface area (Å²) in [6.45, 7) is 7.24. The molecule has 0 radical (unpaired) electrons. The Kier molecular flexibility index (Phi) is 9.75. The fraction of sp³-hybridized carbons (Fsp3) is 0.250. The molecular formula is C32H33F2N3O2. The van der Waals surface area contributed by atoms with Crippen LogP contribution in [0.25, 0.3) is 22.5 Å². The van der Waals surface area contributed by atoms with Crippen molar-refractivity contribution < 1.29 is 18.3 Å². The Morgan fingerprint density at radius 1 is 0.974 bits per heavy atom. The second-order valence-electron chi connectivity index (χ2n) is 9.11. The lowest BCUT2D eigenvalue weighted by molar-refractivity contribution is 0.172. The largest absolute Gasteiger partial charge is 0.494 e. The predicted molar refractivity (Wildman–Crippen MR) is 151 cm³/mol. The molecule has 0 aromatic heterocycles. The number of halogens is 2. The predicted octanol–water partition coefficient (Wildman–Crippen LogP) is 7.55. The molecule has 2 aromatic rings. The van der Waals surface area contributed by atoms with Crippen molar-refractivity contribution >= 4 is 0 Å². The van der Waals surface area contributed by atoms with E-state index in [2.05, 4.69) is 52.9 Å². The Morgan fingerprint density at radius 2 is 1.67 bits per heavy atom. The number of aromatic nitrogens is 3. The molecule has 0 amide bonds. The zero-order valence-electron chi connectivity index (χ0n) is 22.3. The van der Waals surface area contributed by atoms with Gasteiger partial charge in [-0.05, 0) is 47.9 Å². The monoisotopic (exact) mass is 529 g/mol. The molecule has 2 aliphatic heterocycles. The van der Waals surface area contributed by atoms with Crippen molar-refractivity contribution in [1.82, 2.24) is 14.5 Å². The lowest BCUT2D eigenvalue weighted by Crippen LogP contribution is -2.01. The number of ether oxygens (including phenoxy) is 2. The standard InChI is InChI=1S/C32H33F2N3O2/c1-4-24(13-16-29(34)28(33)5-2)32-35-30-17-18-37(22-31(30)36-32)21-23-7-9-25(10-8-23)26-11-14-27(15-12-26)39-20-6-19-38-3/h4-5,7-18,22,24,29H,1,6,19-21H2,2-3H3/b16-13?,28-5+. The summed E-state index contributed by atoms with van der Waals surface area (Å²) >= 11 is 0. The van der Waals surface area contributed by atoms with Gasteiger partial charge in [0.05, 0.1) is 18.2 Å². The molecule has 202 valence electrons. The Balaban J connectivity index is 1.41. The third-order valence-electron chi connectivity index (χ3n) is 6.29. The lowest BCUT2D eigenvalue weighted by atomic mass is 10.0. The van der Waals surface area contributed by atoms with Gasteiger partial charge in [0.2, 0.25) is 0 Å². The molecule has 0 N–H and O–H groups in total. The zero-order chi connectivity index (χ0) is 27.6. The van der Waals surface area contributed by atoms with E-state index in [-0.39, 0.29) is 0 Å². The normalized spacial score (nSPS) is 13.6. The first kappa shape index (κ1) is 27.9. The van der Waals surface area contributed by atoms with Crippen LogP contribution >= 0.6 is 0 Å². The number of pyridine rings is 1. The molecule has 2 atom stereocenters. The second kappa shape index (κ2) is 13.6. The van der Waals surface area contributed by atoms with Crippen molar-refractivity contribution in [3.05, 3.63) is 115 Å². The number of fused-ring (bicyclic) bond motifs is 1. The first-order valence-electron chi connectivity index (χ1n) is 12.9. The van der Waals surface area contributed by atoms with Crippen molar-refractivity contribution in [3.63, 3.8) is 0 Å². The summed E-state index contributed by atoms with van der Waals surface area (Å²) in [6, 6.07) is 18.4. The van der Waals surface area contributed by atoms with Crippen molar-refractivity contribution in [1.29, 1.82) is 0 Å². The van der Waals surface area contributed by atoms with Gasteiger partial charge in [0.25, 0.3) is 0 Å². The Morgan fingerprint density at radius 3 is 2.33 bits per heavy atom. The maximum absolute atomic E-state index is 13.9. The van der Waals surface area contributed by atoms with Crippen LogP contribution in [0, 0.1) is 0 Å². The van der Waals surface area contributed by atoms with Crippen molar-refractivity contribution in [2.24, 2.45) is 0 Å². The number of allylic oxidation sites excluding steroid dienone is 5. The average molecular weight is 530 g/mol. The summed E-state index contributed by atoms with van der Waals surface area (Å²) in [4.78, 5) is 9.17. The second-order valence-corrected chi connectivity index (χ2v) is 9.11. The van der Waals surface area contributed by atoms with Crippen LogP contribution in [0.1, 0.15) is 30.7 Å². The van der Waals surface area contributed by atoms with E-state index in [4.69, 9.17) is 9.47 Å². The first-order valence-corrected chi connectivity index (χ1v) is 12.9. The van der Waals surface area contributed by atoms with E-state index >= 15 is 0 Å². The summed E-state index contributed by atoms with van der Waals surface area (Å²) in [5.41, 5.74) is 4.86. The van der Waals surface area contributed by atoms with Gasteiger partial charge in [-0.1, -0.05) is 54.6 Å². The fourth-order valence-electron chi connectivity index (χ4n) is 4.11. The topological polar surface area (TPSA) is 49.2 Å². The molecule has 4 rings (SSSR count). The smallest absolute Gasteiger partial charge is 0.169 e. The van der Waals surface area contributed by atoms with Crippen LogP contribution in [0.5, 0.6) is 5.75 Å². The number of imidazole rings is 1. The molecule has 2 unspecified atom stereocenters. The van der Waals surface area contributed by atoms with E-state index in [1.807, 2.05) is 35.2 Å². The van der Waals surface area contributed by atoms with E-state index in [0.29, 0.717) is 25.6 Å². The molecule has 0 fully saturated rings. The van der Waals surface area contributed by atoms with Crippen molar-refractivity contribution in [2.75, 3.05) is 20.3 Å². The van der Waals surface area contributed by atoms with Gasteiger partial charge in [0, 0.05) is 39.1 Å². The minimum absolute atomic E-state index is 0.419. The van der Waals surface area contributed by atoms with Gasteiger partial charge in [-0.15, -0.1) is 6.58 Å². The summed E-state index contributed by atoms with van der Waals surface area (Å²) in [7, 11) is 1.69.